The minimum absolute atomic E-state index is 0.603. The van der Waals surface area contributed by atoms with E-state index in [0.717, 1.165) is 58.9 Å². The molecule has 0 saturated carbocycles. The zero-order chi connectivity index (χ0) is 21.4. The van der Waals surface area contributed by atoms with E-state index >= 15 is 0 Å². The van der Waals surface area contributed by atoms with Crippen LogP contribution in [0.5, 0.6) is 0 Å². The first-order chi connectivity index (χ1) is 15.1. The van der Waals surface area contributed by atoms with Crippen molar-refractivity contribution in [2.24, 2.45) is 0 Å². The van der Waals surface area contributed by atoms with Crippen LogP contribution >= 0.6 is 11.3 Å². The number of fused-ring (bicyclic) bond motifs is 1. The largest absolute Gasteiger partial charge is 0.399 e. The molecule has 0 unspecified atom stereocenters. The van der Waals surface area contributed by atoms with Crippen LogP contribution in [0.4, 0.5) is 23.0 Å². The van der Waals surface area contributed by atoms with Crippen molar-refractivity contribution in [3.05, 3.63) is 59.6 Å². The third-order valence-corrected chi connectivity index (χ3v) is 6.74. The highest BCUT2D eigenvalue weighted by atomic mass is 32.1. The van der Waals surface area contributed by atoms with Crippen LogP contribution in [0.2, 0.25) is 0 Å². The maximum atomic E-state index is 5.98. The summed E-state index contributed by atoms with van der Waals surface area (Å²) in [5.74, 6) is 0.603. The molecule has 1 saturated heterocycles. The van der Waals surface area contributed by atoms with Crippen LogP contribution in [0.25, 0.3) is 21.3 Å². The molecule has 158 valence electrons. The van der Waals surface area contributed by atoms with Crippen molar-refractivity contribution in [1.29, 1.82) is 0 Å². The Balaban J connectivity index is 1.41. The second-order valence-corrected chi connectivity index (χ2v) is 9.01. The number of benzene rings is 2. The third kappa shape index (κ3) is 4.06. The molecule has 0 amide bonds. The number of aryl methyl sites for hydroxylation is 1. The molecule has 1 fully saturated rings. The van der Waals surface area contributed by atoms with Gasteiger partial charge in [-0.2, -0.15) is 0 Å². The Hall–Kier alpha value is -3.16. The quantitative estimate of drug-likeness (QED) is 0.456. The molecule has 0 spiro atoms. The number of nitrogen functional groups attached to an aromatic ring is 1. The van der Waals surface area contributed by atoms with Crippen molar-refractivity contribution >= 4 is 44.6 Å². The fraction of sp³-hybridized carbons (Fsp3) is 0.250. The standard InChI is InChI=1S/C24H26N6S/c1-16-12-19(30-10-8-29(2)9-11-30)6-7-21(16)27-24-26-14-22-23(28-24)20(15-31-22)17-4-3-5-18(25)13-17/h3-7,12-15H,8-11,25H2,1-2H3,(H,26,27,28). The monoisotopic (exact) mass is 430 g/mol. The van der Waals surface area contributed by atoms with Crippen molar-refractivity contribution in [3.63, 3.8) is 0 Å². The second-order valence-electron chi connectivity index (χ2n) is 8.10. The van der Waals surface area contributed by atoms with E-state index in [4.69, 9.17) is 10.7 Å². The lowest BCUT2D eigenvalue weighted by atomic mass is 10.1. The third-order valence-electron chi connectivity index (χ3n) is 5.84. The van der Waals surface area contributed by atoms with Crippen LogP contribution < -0.4 is 16.0 Å². The van der Waals surface area contributed by atoms with Gasteiger partial charge in [-0.05, 0) is 55.4 Å². The number of piperazine rings is 1. The van der Waals surface area contributed by atoms with E-state index in [2.05, 4.69) is 63.7 Å². The average Bonchev–Trinajstić information content (AvgIpc) is 3.19. The van der Waals surface area contributed by atoms with E-state index in [1.54, 1.807) is 11.3 Å². The maximum Gasteiger partial charge on any atom is 0.227 e. The smallest absolute Gasteiger partial charge is 0.227 e. The second kappa shape index (κ2) is 8.17. The Kier molecular flexibility index (Phi) is 5.21. The Morgan fingerprint density at radius 2 is 1.90 bits per heavy atom. The minimum atomic E-state index is 0.603. The SMILES string of the molecule is Cc1cc(N2CCN(C)CC2)ccc1Nc1ncc2scc(-c3cccc(N)c3)c2n1. The molecule has 4 aromatic rings. The normalized spacial score (nSPS) is 14.8. The van der Waals surface area contributed by atoms with Gasteiger partial charge in [0, 0.05) is 54.2 Å². The van der Waals surface area contributed by atoms with Gasteiger partial charge in [0.25, 0.3) is 0 Å². The zero-order valence-corrected chi connectivity index (χ0v) is 18.6. The molecule has 31 heavy (non-hydrogen) atoms. The van der Waals surface area contributed by atoms with E-state index in [0.29, 0.717) is 5.95 Å². The van der Waals surface area contributed by atoms with Crippen LogP contribution in [0.1, 0.15) is 5.56 Å². The lowest BCUT2D eigenvalue weighted by molar-refractivity contribution is 0.313. The number of likely N-dealkylation sites (N-methyl/N-ethyl adjacent to an activating group) is 1. The van der Waals surface area contributed by atoms with Crippen LogP contribution in [0.15, 0.2) is 54.0 Å². The van der Waals surface area contributed by atoms with Gasteiger partial charge in [-0.25, -0.2) is 9.97 Å². The summed E-state index contributed by atoms with van der Waals surface area (Å²) in [5.41, 5.74) is 13.3. The lowest BCUT2D eigenvalue weighted by Gasteiger charge is -2.34. The first-order valence-corrected chi connectivity index (χ1v) is 11.4. The average molecular weight is 431 g/mol. The van der Waals surface area contributed by atoms with Gasteiger partial charge in [0.2, 0.25) is 5.95 Å². The van der Waals surface area contributed by atoms with E-state index < -0.39 is 0 Å². The molecular weight excluding hydrogens is 404 g/mol. The fourth-order valence-corrected chi connectivity index (χ4v) is 4.84. The number of nitrogens with zero attached hydrogens (tertiary/aromatic N) is 4. The molecule has 2 aromatic carbocycles. The Morgan fingerprint density at radius 1 is 1.06 bits per heavy atom. The number of nitrogens with one attached hydrogen (secondary N) is 1. The number of nitrogens with two attached hydrogens (primary N) is 1. The van der Waals surface area contributed by atoms with Crippen LogP contribution in [0.3, 0.4) is 0 Å². The molecule has 3 N–H and O–H groups in total. The van der Waals surface area contributed by atoms with E-state index in [1.165, 1.54) is 11.3 Å². The minimum Gasteiger partial charge on any atom is -0.399 e. The van der Waals surface area contributed by atoms with Gasteiger partial charge in [0.1, 0.15) is 0 Å². The van der Waals surface area contributed by atoms with Crippen LogP contribution in [-0.4, -0.2) is 48.1 Å². The Morgan fingerprint density at radius 3 is 2.68 bits per heavy atom. The van der Waals surface area contributed by atoms with Crippen molar-refractivity contribution in [2.45, 2.75) is 6.92 Å². The summed E-state index contributed by atoms with van der Waals surface area (Å²) in [4.78, 5) is 14.2. The highest BCUT2D eigenvalue weighted by molar-refractivity contribution is 7.17. The van der Waals surface area contributed by atoms with Gasteiger partial charge >= 0.3 is 0 Å². The number of hydrogen-bond acceptors (Lipinski definition) is 7. The Bertz CT molecular complexity index is 1230. The summed E-state index contributed by atoms with van der Waals surface area (Å²) in [6.45, 7) is 6.45. The molecule has 0 aliphatic carbocycles. The first-order valence-electron chi connectivity index (χ1n) is 10.5. The lowest BCUT2D eigenvalue weighted by Crippen LogP contribution is -2.44. The molecule has 1 aliphatic rings. The maximum absolute atomic E-state index is 5.98. The molecule has 7 heteroatoms. The van der Waals surface area contributed by atoms with Crippen molar-refractivity contribution in [1.82, 2.24) is 14.9 Å². The summed E-state index contributed by atoms with van der Waals surface area (Å²) in [7, 11) is 2.18. The topological polar surface area (TPSA) is 70.3 Å². The van der Waals surface area contributed by atoms with E-state index in [9.17, 15) is 0 Å². The van der Waals surface area contributed by atoms with Gasteiger partial charge in [-0.3, -0.25) is 0 Å². The summed E-state index contributed by atoms with van der Waals surface area (Å²) < 4.78 is 1.06. The van der Waals surface area contributed by atoms with Gasteiger partial charge in [0.05, 0.1) is 16.4 Å². The van der Waals surface area contributed by atoms with Crippen LogP contribution in [-0.2, 0) is 0 Å². The number of anilines is 4. The van der Waals surface area contributed by atoms with Crippen molar-refractivity contribution < 1.29 is 0 Å². The number of rotatable bonds is 4. The molecule has 0 bridgehead atoms. The molecule has 1 aliphatic heterocycles. The van der Waals surface area contributed by atoms with E-state index in [-0.39, 0.29) is 0 Å². The van der Waals surface area contributed by atoms with Crippen molar-refractivity contribution in [2.75, 3.05) is 49.2 Å². The molecule has 2 aromatic heterocycles. The van der Waals surface area contributed by atoms with Crippen molar-refractivity contribution in [3.8, 4) is 11.1 Å². The highest BCUT2D eigenvalue weighted by Gasteiger charge is 2.15. The van der Waals surface area contributed by atoms with E-state index in [1.807, 2.05) is 24.4 Å². The van der Waals surface area contributed by atoms with Gasteiger partial charge in [-0.1, -0.05) is 12.1 Å². The van der Waals surface area contributed by atoms with Crippen LogP contribution in [0, 0.1) is 6.92 Å². The summed E-state index contributed by atoms with van der Waals surface area (Å²) >= 11 is 1.65. The molecular formula is C24H26N6S. The molecule has 6 nitrogen and oxygen atoms in total. The summed E-state index contributed by atoms with van der Waals surface area (Å²) in [6.07, 6.45) is 1.89. The fourth-order valence-electron chi connectivity index (χ4n) is 3.97. The molecule has 5 rings (SSSR count). The first kappa shape index (κ1) is 19.8. The Labute approximate surface area is 186 Å². The molecule has 0 atom stereocenters. The van der Waals surface area contributed by atoms with Gasteiger partial charge < -0.3 is 20.9 Å². The predicted octanol–water partition coefficient (Wildman–Crippen LogP) is 4.74. The zero-order valence-electron chi connectivity index (χ0n) is 17.8. The van der Waals surface area contributed by atoms with Gasteiger partial charge in [0.15, 0.2) is 0 Å². The predicted molar refractivity (Wildman–Crippen MR) is 131 cm³/mol. The van der Waals surface area contributed by atoms with Gasteiger partial charge in [-0.15, -0.1) is 11.3 Å². The molecule has 0 radical (unpaired) electrons. The summed E-state index contributed by atoms with van der Waals surface area (Å²) in [5, 5.41) is 5.53. The number of thiophene rings is 1. The summed E-state index contributed by atoms with van der Waals surface area (Å²) in [6, 6.07) is 14.5. The number of hydrogen-bond donors (Lipinski definition) is 2. The highest BCUT2D eigenvalue weighted by Crippen LogP contribution is 2.34. The number of aromatic nitrogens is 2. The molecule has 3 heterocycles.